The van der Waals surface area contributed by atoms with Crippen LogP contribution in [-0.4, -0.2) is 24.4 Å². The van der Waals surface area contributed by atoms with Gasteiger partial charge >= 0.3 is 0 Å². The van der Waals surface area contributed by atoms with Gasteiger partial charge in [-0.2, -0.15) is 0 Å². The topological polar surface area (TPSA) is 58.2 Å². The number of benzene rings is 1. The van der Waals surface area contributed by atoms with Crippen LogP contribution in [0.2, 0.25) is 0 Å². The molecule has 1 aliphatic rings. The molecule has 1 aliphatic heterocycles. The fourth-order valence-corrected chi connectivity index (χ4v) is 1.43. The molecule has 1 aromatic rings. The highest BCUT2D eigenvalue weighted by Crippen LogP contribution is 2.00. The third-order valence-electron chi connectivity index (χ3n) is 2.34. The standard InChI is InChI=1S/C11H12N2O2/c14-10(13-9-7-12-11(9)15)6-8-4-2-1-3-5-8/h1-5,9H,6-7H2,(H,12,15)(H,13,14). The first-order chi connectivity index (χ1) is 7.25. The number of carbonyl (C=O) groups is 2. The first-order valence-corrected chi connectivity index (χ1v) is 4.87. The van der Waals surface area contributed by atoms with Crippen LogP contribution in [-0.2, 0) is 16.0 Å². The number of hydrogen-bond donors (Lipinski definition) is 2. The third-order valence-corrected chi connectivity index (χ3v) is 2.34. The molecule has 0 radical (unpaired) electrons. The van der Waals surface area contributed by atoms with E-state index in [2.05, 4.69) is 10.6 Å². The van der Waals surface area contributed by atoms with Gasteiger partial charge in [0, 0.05) is 6.54 Å². The highest BCUT2D eigenvalue weighted by atomic mass is 16.2. The zero-order chi connectivity index (χ0) is 10.7. The van der Waals surface area contributed by atoms with Gasteiger partial charge < -0.3 is 10.6 Å². The SMILES string of the molecule is O=C(Cc1ccccc1)NC1CNC1=O. The van der Waals surface area contributed by atoms with Crippen LogP contribution in [0.4, 0.5) is 0 Å². The van der Waals surface area contributed by atoms with Gasteiger partial charge in [0.25, 0.3) is 0 Å². The fraction of sp³-hybridized carbons (Fsp3) is 0.273. The van der Waals surface area contributed by atoms with Crippen molar-refractivity contribution >= 4 is 11.8 Å². The molecule has 1 saturated heterocycles. The van der Waals surface area contributed by atoms with Crippen molar-refractivity contribution in [2.24, 2.45) is 0 Å². The molecule has 0 spiro atoms. The summed E-state index contributed by atoms with van der Waals surface area (Å²) >= 11 is 0. The Kier molecular flexibility index (Phi) is 2.67. The van der Waals surface area contributed by atoms with Gasteiger partial charge in [-0.25, -0.2) is 0 Å². The van der Waals surface area contributed by atoms with Gasteiger partial charge in [-0.3, -0.25) is 9.59 Å². The van der Waals surface area contributed by atoms with Gasteiger partial charge in [-0.05, 0) is 5.56 Å². The lowest BCUT2D eigenvalue weighted by molar-refractivity contribution is -0.133. The van der Waals surface area contributed by atoms with E-state index >= 15 is 0 Å². The van der Waals surface area contributed by atoms with E-state index in [1.807, 2.05) is 30.3 Å². The van der Waals surface area contributed by atoms with Crippen LogP contribution in [0, 0.1) is 0 Å². The molecule has 1 aromatic carbocycles. The van der Waals surface area contributed by atoms with Crippen molar-refractivity contribution in [3.8, 4) is 0 Å². The number of nitrogens with one attached hydrogen (secondary N) is 2. The van der Waals surface area contributed by atoms with Crippen LogP contribution < -0.4 is 10.6 Å². The van der Waals surface area contributed by atoms with Gasteiger partial charge in [0.15, 0.2) is 0 Å². The maximum Gasteiger partial charge on any atom is 0.244 e. The van der Waals surface area contributed by atoms with Crippen molar-refractivity contribution in [2.75, 3.05) is 6.54 Å². The van der Waals surface area contributed by atoms with Crippen LogP contribution in [0.1, 0.15) is 5.56 Å². The Morgan fingerprint density at radius 2 is 2.13 bits per heavy atom. The molecule has 1 atom stereocenters. The van der Waals surface area contributed by atoms with Gasteiger partial charge in [0.05, 0.1) is 6.42 Å². The monoisotopic (exact) mass is 204 g/mol. The summed E-state index contributed by atoms with van der Waals surface area (Å²) < 4.78 is 0. The van der Waals surface area contributed by atoms with Gasteiger partial charge in [0.2, 0.25) is 11.8 Å². The zero-order valence-corrected chi connectivity index (χ0v) is 8.19. The summed E-state index contributed by atoms with van der Waals surface area (Å²) in [5.74, 6) is -0.211. The predicted molar refractivity (Wildman–Crippen MR) is 55.1 cm³/mol. The Hall–Kier alpha value is -1.84. The van der Waals surface area contributed by atoms with E-state index in [-0.39, 0.29) is 17.9 Å². The summed E-state index contributed by atoms with van der Waals surface area (Å²) in [4.78, 5) is 22.4. The van der Waals surface area contributed by atoms with E-state index in [9.17, 15) is 9.59 Å². The molecule has 0 saturated carbocycles. The zero-order valence-electron chi connectivity index (χ0n) is 8.19. The molecule has 1 heterocycles. The third kappa shape index (κ3) is 2.34. The molecular weight excluding hydrogens is 192 g/mol. The van der Waals surface area contributed by atoms with Crippen LogP contribution >= 0.6 is 0 Å². The Morgan fingerprint density at radius 1 is 1.40 bits per heavy atom. The maximum absolute atomic E-state index is 11.5. The summed E-state index contributed by atoms with van der Waals surface area (Å²) in [5.41, 5.74) is 0.953. The first-order valence-electron chi connectivity index (χ1n) is 4.87. The molecule has 78 valence electrons. The van der Waals surface area contributed by atoms with Crippen LogP contribution in [0.15, 0.2) is 30.3 Å². The lowest BCUT2D eigenvalue weighted by Gasteiger charge is -2.26. The molecule has 4 heteroatoms. The lowest BCUT2D eigenvalue weighted by Crippen LogP contribution is -2.61. The Bertz CT molecular complexity index is 375. The minimum Gasteiger partial charge on any atom is -0.352 e. The van der Waals surface area contributed by atoms with Crippen LogP contribution in [0.5, 0.6) is 0 Å². The second-order valence-electron chi connectivity index (χ2n) is 3.53. The van der Waals surface area contributed by atoms with Gasteiger partial charge in [-0.1, -0.05) is 30.3 Å². The smallest absolute Gasteiger partial charge is 0.244 e. The Balaban J connectivity index is 1.85. The molecule has 2 rings (SSSR count). The normalized spacial score (nSPS) is 18.9. The van der Waals surface area contributed by atoms with E-state index in [0.29, 0.717) is 13.0 Å². The molecule has 0 aromatic heterocycles. The van der Waals surface area contributed by atoms with Gasteiger partial charge in [-0.15, -0.1) is 0 Å². The number of amides is 2. The predicted octanol–water partition coefficient (Wildman–Crippen LogP) is -0.156. The fourth-order valence-electron chi connectivity index (χ4n) is 1.43. The van der Waals surface area contributed by atoms with E-state index < -0.39 is 0 Å². The molecule has 2 amide bonds. The Labute approximate surface area is 87.7 Å². The van der Waals surface area contributed by atoms with Gasteiger partial charge in [0.1, 0.15) is 6.04 Å². The van der Waals surface area contributed by atoms with E-state index in [1.54, 1.807) is 0 Å². The highest BCUT2D eigenvalue weighted by molar-refractivity contribution is 5.92. The molecule has 4 nitrogen and oxygen atoms in total. The summed E-state index contributed by atoms with van der Waals surface area (Å²) in [6.45, 7) is 0.541. The molecule has 0 bridgehead atoms. The summed E-state index contributed by atoms with van der Waals surface area (Å²) in [6.07, 6.45) is 0.324. The van der Waals surface area contributed by atoms with E-state index in [0.717, 1.165) is 5.56 Å². The molecular formula is C11H12N2O2. The van der Waals surface area contributed by atoms with Crippen molar-refractivity contribution in [1.82, 2.24) is 10.6 Å². The van der Waals surface area contributed by atoms with Crippen LogP contribution in [0.3, 0.4) is 0 Å². The average molecular weight is 204 g/mol. The number of carbonyl (C=O) groups excluding carboxylic acids is 2. The number of β-lactam (4-membered cyclic amide) rings is 1. The van der Waals surface area contributed by atoms with E-state index in [1.165, 1.54) is 0 Å². The van der Waals surface area contributed by atoms with Crippen molar-refractivity contribution < 1.29 is 9.59 Å². The second-order valence-corrected chi connectivity index (χ2v) is 3.53. The van der Waals surface area contributed by atoms with Crippen LogP contribution in [0.25, 0.3) is 0 Å². The summed E-state index contributed by atoms with van der Waals surface area (Å²) in [7, 11) is 0. The molecule has 2 N–H and O–H groups in total. The average Bonchev–Trinajstić information content (AvgIpc) is 2.25. The van der Waals surface area contributed by atoms with E-state index in [4.69, 9.17) is 0 Å². The van der Waals surface area contributed by atoms with Crippen molar-refractivity contribution in [2.45, 2.75) is 12.5 Å². The first kappa shape index (κ1) is 9.71. The summed E-state index contributed by atoms with van der Waals surface area (Å²) in [6, 6.07) is 9.13. The minimum atomic E-state index is -0.332. The van der Waals surface area contributed by atoms with Crippen molar-refractivity contribution in [1.29, 1.82) is 0 Å². The molecule has 1 fully saturated rings. The van der Waals surface area contributed by atoms with Crippen molar-refractivity contribution in [3.63, 3.8) is 0 Å². The largest absolute Gasteiger partial charge is 0.352 e. The molecule has 1 unspecified atom stereocenters. The summed E-state index contributed by atoms with van der Waals surface area (Å²) in [5, 5.41) is 5.24. The minimum absolute atomic E-state index is 0.101. The maximum atomic E-state index is 11.5. The lowest BCUT2D eigenvalue weighted by atomic mass is 10.1. The Morgan fingerprint density at radius 3 is 2.67 bits per heavy atom. The molecule has 15 heavy (non-hydrogen) atoms. The quantitative estimate of drug-likeness (QED) is 0.672. The highest BCUT2D eigenvalue weighted by Gasteiger charge is 2.28. The van der Waals surface area contributed by atoms with Crippen molar-refractivity contribution in [3.05, 3.63) is 35.9 Å². The number of rotatable bonds is 3. The second kappa shape index (κ2) is 4.13. The number of hydrogen-bond acceptors (Lipinski definition) is 2. The molecule has 0 aliphatic carbocycles.